The molecule has 1 saturated heterocycles. The summed E-state index contributed by atoms with van der Waals surface area (Å²) in [5, 5.41) is 12.5. The predicted octanol–water partition coefficient (Wildman–Crippen LogP) is 0.136. The van der Waals surface area contributed by atoms with Crippen LogP contribution in [-0.4, -0.2) is 56.7 Å². The Balaban J connectivity index is 2.02. The van der Waals surface area contributed by atoms with Crippen LogP contribution >= 0.6 is 0 Å². The van der Waals surface area contributed by atoms with Gasteiger partial charge in [-0.15, -0.1) is 0 Å². The van der Waals surface area contributed by atoms with Crippen LogP contribution in [0, 0.1) is 11.3 Å². The number of rotatable bonds is 3. The highest BCUT2D eigenvalue weighted by Gasteiger charge is 2.44. The molecule has 0 bridgehead atoms. The highest BCUT2D eigenvalue weighted by Crippen LogP contribution is 2.29. The first-order valence-corrected chi connectivity index (χ1v) is 9.99. The number of anilines is 1. The topological polar surface area (TPSA) is 127 Å². The fourth-order valence-electron chi connectivity index (χ4n) is 3.77. The minimum atomic E-state index is -5.21. The van der Waals surface area contributed by atoms with E-state index in [1.54, 1.807) is 12.1 Å². The second-order valence-electron chi connectivity index (χ2n) is 7.51. The molecule has 0 amide bonds. The number of alkyl halides is 3. The molecule has 1 aliphatic heterocycles. The van der Waals surface area contributed by atoms with Gasteiger partial charge < -0.3 is 15.0 Å². The fraction of sp³-hybridized carbons (Fsp3) is 0.350. The van der Waals surface area contributed by atoms with Crippen molar-refractivity contribution in [1.82, 2.24) is 24.0 Å². The quantitative estimate of drug-likeness (QED) is 0.528. The third kappa shape index (κ3) is 3.69. The first-order valence-electron chi connectivity index (χ1n) is 9.99. The number of nitriles is 1. The van der Waals surface area contributed by atoms with Crippen LogP contribution in [0.5, 0.6) is 0 Å². The number of fused-ring (bicyclic) bond motifs is 1. The lowest BCUT2D eigenvalue weighted by Crippen LogP contribution is -2.55. The smallest absolute Gasteiger partial charge is 0.433 e. The molecule has 1 N–H and O–H groups in total. The van der Waals surface area contributed by atoms with Crippen LogP contribution in [0.15, 0.2) is 33.9 Å². The molecule has 3 aromatic rings. The van der Waals surface area contributed by atoms with Gasteiger partial charge in [0.05, 0.1) is 17.8 Å². The molecular weight excluding hydrogens is 459 g/mol. The molecule has 11 nitrogen and oxygen atoms in total. The summed E-state index contributed by atoms with van der Waals surface area (Å²) in [4.78, 5) is 42.9. The maximum atomic E-state index is 13.1. The van der Waals surface area contributed by atoms with Crippen LogP contribution in [0.1, 0.15) is 5.56 Å². The number of nitrogens with one attached hydrogen (secondary N) is 1. The zero-order chi connectivity index (χ0) is 24.8. The van der Waals surface area contributed by atoms with Crippen molar-refractivity contribution in [3.8, 4) is 11.8 Å². The van der Waals surface area contributed by atoms with Crippen molar-refractivity contribution in [3.05, 3.63) is 50.7 Å². The number of aryl methyl sites for hydroxylation is 1. The third-order valence-electron chi connectivity index (χ3n) is 5.43. The molecule has 0 aliphatic carbocycles. The molecule has 0 spiro atoms. The largest absolute Gasteiger partial charge is 0.491 e. The molecule has 0 saturated carbocycles. The number of para-hydroxylation sites is 1. The van der Waals surface area contributed by atoms with Gasteiger partial charge in [0.2, 0.25) is 5.95 Å². The Kier molecular flexibility index (Phi) is 5.65. The number of piperazine rings is 1. The molecule has 34 heavy (non-hydrogen) atoms. The van der Waals surface area contributed by atoms with Crippen molar-refractivity contribution in [3.63, 3.8) is 0 Å². The Morgan fingerprint density at radius 3 is 2.62 bits per heavy atom. The number of imidazole rings is 1. The van der Waals surface area contributed by atoms with E-state index in [0.717, 1.165) is 9.13 Å². The van der Waals surface area contributed by atoms with Gasteiger partial charge in [0, 0.05) is 27.2 Å². The van der Waals surface area contributed by atoms with E-state index >= 15 is 0 Å². The average molecular weight is 477 g/mol. The number of hydrogen-bond acceptors (Lipinski definition) is 8. The molecule has 1 aromatic carbocycles. The molecular formula is C20H18F3N7O4. The Bertz CT molecular complexity index is 1450. The monoisotopic (exact) mass is 477 g/mol. The van der Waals surface area contributed by atoms with Crippen LogP contribution in [0.4, 0.5) is 19.1 Å². The predicted molar refractivity (Wildman–Crippen MR) is 112 cm³/mol. The SMILES string of the molecule is Cn1c(=O)c2c(nc(N3CCNCC3OC(=O)C(F)(F)F)n2-c2ccccc2C#N)n(C)c1=O. The number of nitrogens with zero attached hydrogens (tertiary/aromatic N) is 6. The molecule has 1 aliphatic rings. The molecule has 14 heteroatoms. The second-order valence-corrected chi connectivity index (χ2v) is 7.51. The van der Waals surface area contributed by atoms with Crippen LogP contribution < -0.4 is 21.5 Å². The van der Waals surface area contributed by atoms with E-state index in [0.29, 0.717) is 6.54 Å². The molecule has 1 atom stereocenters. The van der Waals surface area contributed by atoms with Crippen LogP contribution in [0.3, 0.4) is 0 Å². The maximum absolute atomic E-state index is 13.1. The van der Waals surface area contributed by atoms with Gasteiger partial charge in [-0.2, -0.15) is 23.4 Å². The number of ether oxygens (including phenoxy) is 1. The van der Waals surface area contributed by atoms with Crippen molar-refractivity contribution < 1.29 is 22.7 Å². The molecule has 0 radical (unpaired) electrons. The molecule has 1 fully saturated rings. The van der Waals surface area contributed by atoms with Gasteiger partial charge in [-0.1, -0.05) is 12.1 Å². The lowest BCUT2D eigenvalue weighted by Gasteiger charge is -2.36. The first kappa shape index (κ1) is 23.1. The number of halogens is 3. The van der Waals surface area contributed by atoms with Gasteiger partial charge in [-0.3, -0.25) is 18.5 Å². The Morgan fingerprint density at radius 2 is 1.94 bits per heavy atom. The summed E-state index contributed by atoms with van der Waals surface area (Å²) in [6.45, 7) is 0.212. The molecule has 3 heterocycles. The lowest BCUT2D eigenvalue weighted by molar-refractivity contribution is -0.205. The van der Waals surface area contributed by atoms with Gasteiger partial charge in [-0.05, 0) is 12.1 Å². The zero-order valence-corrected chi connectivity index (χ0v) is 18.0. The summed E-state index contributed by atoms with van der Waals surface area (Å²) >= 11 is 0. The van der Waals surface area contributed by atoms with E-state index in [1.807, 2.05) is 6.07 Å². The number of hydrogen-bond donors (Lipinski definition) is 1. The number of benzene rings is 1. The van der Waals surface area contributed by atoms with E-state index < -0.39 is 29.6 Å². The summed E-state index contributed by atoms with van der Waals surface area (Å²) in [5.41, 5.74) is -1.13. The highest BCUT2D eigenvalue weighted by molar-refractivity contribution is 5.79. The van der Waals surface area contributed by atoms with E-state index in [1.165, 1.54) is 35.7 Å². The normalized spacial score (nSPS) is 16.5. The van der Waals surface area contributed by atoms with Crippen molar-refractivity contribution in [1.29, 1.82) is 5.26 Å². The second kappa shape index (κ2) is 8.34. The van der Waals surface area contributed by atoms with Crippen LogP contribution in [0.2, 0.25) is 0 Å². The highest BCUT2D eigenvalue weighted by atomic mass is 19.4. The molecule has 4 rings (SSSR count). The van der Waals surface area contributed by atoms with E-state index in [9.17, 15) is 32.8 Å². The minimum Gasteiger partial charge on any atom is -0.433 e. The van der Waals surface area contributed by atoms with E-state index in [2.05, 4.69) is 10.3 Å². The number of carbonyl (C=O) groups excluding carboxylic acids is 1. The molecule has 1 unspecified atom stereocenters. The molecule has 178 valence electrons. The lowest BCUT2D eigenvalue weighted by atomic mass is 10.2. The minimum absolute atomic E-state index is 0.0460. The first-order chi connectivity index (χ1) is 16.1. The Hall–Kier alpha value is -4.12. The zero-order valence-electron chi connectivity index (χ0n) is 18.0. The molecule has 2 aromatic heterocycles. The van der Waals surface area contributed by atoms with Crippen LogP contribution in [-0.2, 0) is 23.6 Å². The third-order valence-corrected chi connectivity index (χ3v) is 5.43. The van der Waals surface area contributed by atoms with Crippen LogP contribution in [0.25, 0.3) is 16.9 Å². The van der Waals surface area contributed by atoms with Gasteiger partial charge in [0.15, 0.2) is 17.4 Å². The summed E-state index contributed by atoms with van der Waals surface area (Å²) < 4.78 is 46.6. The summed E-state index contributed by atoms with van der Waals surface area (Å²) in [6, 6.07) is 8.25. The Morgan fingerprint density at radius 1 is 1.24 bits per heavy atom. The van der Waals surface area contributed by atoms with Gasteiger partial charge in [0.25, 0.3) is 5.56 Å². The van der Waals surface area contributed by atoms with Gasteiger partial charge in [-0.25, -0.2) is 9.59 Å². The summed E-state index contributed by atoms with van der Waals surface area (Å²) in [5.74, 6) is -2.44. The standard InChI is InChI=1S/C20H18F3N7O4/c1-27-15-14(16(31)28(2)19(27)33)30(12-6-4-3-5-11(12)9-24)18(26-15)29-8-7-25-10-13(29)34-17(32)20(21,22)23/h3-6,13,25H,7-8,10H2,1-2H3. The van der Waals surface area contributed by atoms with E-state index in [-0.39, 0.29) is 41.5 Å². The number of carbonyl (C=O) groups is 1. The number of aromatic nitrogens is 4. The summed E-state index contributed by atoms with van der Waals surface area (Å²) in [7, 11) is 2.66. The maximum Gasteiger partial charge on any atom is 0.491 e. The van der Waals surface area contributed by atoms with Crippen molar-refractivity contribution >= 4 is 23.1 Å². The van der Waals surface area contributed by atoms with Gasteiger partial charge in [0.1, 0.15) is 6.07 Å². The fourth-order valence-corrected chi connectivity index (χ4v) is 3.77. The van der Waals surface area contributed by atoms with Crippen molar-refractivity contribution in [2.75, 3.05) is 24.5 Å². The van der Waals surface area contributed by atoms with E-state index in [4.69, 9.17) is 4.74 Å². The van der Waals surface area contributed by atoms with Crippen molar-refractivity contribution in [2.45, 2.75) is 12.4 Å². The average Bonchev–Trinajstić information content (AvgIpc) is 3.21. The van der Waals surface area contributed by atoms with Crippen molar-refractivity contribution in [2.24, 2.45) is 14.1 Å². The Labute approximate surface area is 189 Å². The number of esters is 1. The van der Waals surface area contributed by atoms with Gasteiger partial charge >= 0.3 is 17.8 Å². The summed E-state index contributed by atoms with van der Waals surface area (Å²) in [6.07, 6.45) is -6.63.